The van der Waals surface area contributed by atoms with E-state index in [0.29, 0.717) is 17.5 Å². The highest BCUT2D eigenvalue weighted by Gasteiger charge is 2.15. The summed E-state index contributed by atoms with van der Waals surface area (Å²) >= 11 is 0. The zero-order chi connectivity index (χ0) is 13.1. The van der Waals surface area contributed by atoms with E-state index >= 15 is 0 Å². The van der Waals surface area contributed by atoms with Crippen molar-refractivity contribution in [3.8, 4) is 5.75 Å². The molecule has 2 N–H and O–H groups in total. The van der Waals surface area contributed by atoms with Crippen LogP contribution in [0.1, 0.15) is 13.8 Å². The number of hydrogen-bond donors (Lipinski definition) is 1. The molecule has 0 radical (unpaired) electrons. The van der Waals surface area contributed by atoms with Crippen LogP contribution in [0.3, 0.4) is 0 Å². The molecule has 0 atom stereocenters. The summed E-state index contributed by atoms with van der Waals surface area (Å²) in [7, 11) is 1.63. The number of anilines is 2. The highest BCUT2D eigenvalue weighted by Crippen LogP contribution is 2.27. The minimum absolute atomic E-state index is 0.435. The molecule has 18 heavy (non-hydrogen) atoms. The average molecular weight is 248 g/mol. The lowest BCUT2D eigenvalue weighted by molar-refractivity contribution is 0.232. The molecule has 2 rings (SSSR count). The molecule has 5 heteroatoms. The van der Waals surface area contributed by atoms with E-state index in [2.05, 4.69) is 28.9 Å². The van der Waals surface area contributed by atoms with E-state index in [-0.39, 0.29) is 0 Å². The van der Waals surface area contributed by atoms with Crippen molar-refractivity contribution in [3.05, 3.63) is 18.2 Å². The fourth-order valence-corrected chi connectivity index (χ4v) is 1.92. The molecule has 1 aromatic carbocycles. The second-order valence-corrected chi connectivity index (χ2v) is 4.61. The normalized spacial score (nSPS) is 15.3. The molecule has 0 aromatic heterocycles. The molecule has 98 valence electrons. The SMILES string of the molecule is COc1cc(N2C=NN(C(C)C)CC2)ccc1N. The topological polar surface area (TPSA) is 54.1 Å². The third kappa shape index (κ3) is 2.50. The van der Waals surface area contributed by atoms with Crippen LogP contribution in [0.25, 0.3) is 0 Å². The minimum Gasteiger partial charge on any atom is -0.495 e. The smallest absolute Gasteiger partial charge is 0.143 e. The Hall–Kier alpha value is -1.91. The summed E-state index contributed by atoms with van der Waals surface area (Å²) in [6.07, 6.45) is 1.86. The molecule has 0 fully saturated rings. The molecule has 0 saturated carbocycles. The maximum Gasteiger partial charge on any atom is 0.143 e. The van der Waals surface area contributed by atoms with Gasteiger partial charge in [-0.3, -0.25) is 5.01 Å². The van der Waals surface area contributed by atoms with Crippen LogP contribution in [0.2, 0.25) is 0 Å². The largest absolute Gasteiger partial charge is 0.495 e. The highest BCUT2D eigenvalue weighted by molar-refractivity contribution is 5.81. The van der Waals surface area contributed by atoms with Crippen molar-refractivity contribution in [1.82, 2.24) is 5.01 Å². The van der Waals surface area contributed by atoms with E-state index in [1.807, 2.05) is 24.5 Å². The highest BCUT2D eigenvalue weighted by atomic mass is 16.5. The van der Waals surface area contributed by atoms with E-state index in [0.717, 1.165) is 18.8 Å². The zero-order valence-electron chi connectivity index (χ0n) is 11.1. The summed E-state index contributed by atoms with van der Waals surface area (Å²) in [5.41, 5.74) is 7.51. The first-order chi connectivity index (χ1) is 8.61. The van der Waals surface area contributed by atoms with Crippen LogP contribution in [0.4, 0.5) is 11.4 Å². The lowest BCUT2D eigenvalue weighted by Crippen LogP contribution is -2.40. The fourth-order valence-electron chi connectivity index (χ4n) is 1.92. The lowest BCUT2D eigenvalue weighted by atomic mass is 10.2. The number of methoxy groups -OCH3 is 1. The average Bonchev–Trinajstić information content (AvgIpc) is 2.39. The molecule has 1 aliphatic heterocycles. The van der Waals surface area contributed by atoms with E-state index < -0.39 is 0 Å². The maximum atomic E-state index is 5.81. The molecule has 1 aliphatic rings. The van der Waals surface area contributed by atoms with Gasteiger partial charge in [0.2, 0.25) is 0 Å². The first-order valence-corrected chi connectivity index (χ1v) is 6.12. The van der Waals surface area contributed by atoms with E-state index in [9.17, 15) is 0 Å². The summed E-state index contributed by atoms with van der Waals surface area (Å²) < 4.78 is 5.23. The molecular weight excluding hydrogens is 228 g/mol. The zero-order valence-corrected chi connectivity index (χ0v) is 11.1. The number of ether oxygens (including phenoxy) is 1. The Morgan fingerprint density at radius 3 is 2.67 bits per heavy atom. The number of hydrogen-bond acceptors (Lipinski definition) is 5. The Labute approximate surface area is 108 Å². The molecular formula is C13H20N4O. The van der Waals surface area contributed by atoms with Crippen LogP contribution in [-0.4, -0.2) is 37.6 Å². The van der Waals surface area contributed by atoms with E-state index in [1.165, 1.54) is 0 Å². The van der Waals surface area contributed by atoms with Crippen LogP contribution >= 0.6 is 0 Å². The van der Waals surface area contributed by atoms with Crippen molar-refractivity contribution in [2.75, 3.05) is 30.8 Å². The predicted octanol–water partition coefficient (Wildman–Crippen LogP) is 1.75. The van der Waals surface area contributed by atoms with Gasteiger partial charge < -0.3 is 15.4 Å². The Morgan fingerprint density at radius 2 is 2.11 bits per heavy atom. The summed E-state index contributed by atoms with van der Waals surface area (Å²) in [5.74, 6) is 0.701. The minimum atomic E-state index is 0.435. The first-order valence-electron chi connectivity index (χ1n) is 6.12. The molecule has 0 unspecified atom stereocenters. The molecule has 0 amide bonds. The number of nitrogen functional groups attached to an aromatic ring is 1. The molecule has 5 nitrogen and oxygen atoms in total. The lowest BCUT2D eigenvalue weighted by Gasteiger charge is -2.32. The van der Waals surface area contributed by atoms with Crippen LogP contribution in [-0.2, 0) is 0 Å². The van der Waals surface area contributed by atoms with Gasteiger partial charge in [0.05, 0.1) is 19.3 Å². The van der Waals surface area contributed by atoms with Crippen molar-refractivity contribution < 1.29 is 4.74 Å². The number of benzene rings is 1. The van der Waals surface area contributed by atoms with Gasteiger partial charge in [-0.1, -0.05) is 0 Å². The number of nitrogens with two attached hydrogens (primary N) is 1. The van der Waals surface area contributed by atoms with E-state index in [1.54, 1.807) is 7.11 Å². The second kappa shape index (κ2) is 5.16. The molecule has 0 aliphatic carbocycles. The summed E-state index contributed by atoms with van der Waals surface area (Å²) in [4.78, 5) is 2.10. The summed E-state index contributed by atoms with van der Waals surface area (Å²) in [6.45, 7) is 6.11. The van der Waals surface area contributed by atoms with Gasteiger partial charge in [0.1, 0.15) is 12.1 Å². The van der Waals surface area contributed by atoms with Crippen molar-refractivity contribution in [2.24, 2.45) is 5.10 Å². The number of hydrazone groups is 1. The molecule has 1 heterocycles. The van der Waals surface area contributed by atoms with Gasteiger partial charge in [0, 0.05) is 24.3 Å². The number of rotatable bonds is 3. The van der Waals surface area contributed by atoms with Gasteiger partial charge in [-0.2, -0.15) is 5.10 Å². The van der Waals surface area contributed by atoms with Crippen LogP contribution in [0, 0.1) is 0 Å². The molecule has 0 bridgehead atoms. The quantitative estimate of drug-likeness (QED) is 0.828. The van der Waals surface area contributed by atoms with Crippen LogP contribution < -0.4 is 15.4 Å². The van der Waals surface area contributed by atoms with Crippen molar-refractivity contribution in [3.63, 3.8) is 0 Å². The number of nitrogens with zero attached hydrogens (tertiary/aromatic N) is 3. The summed E-state index contributed by atoms with van der Waals surface area (Å²) in [6, 6.07) is 6.21. The van der Waals surface area contributed by atoms with Crippen molar-refractivity contribution >= 4 is 17.7 Å². The van der Waals surface area contributed by atoms with Crippen LogP contribution in [0.5, 0.6) is 5.75 Å². The molecule has 0 spiro atoms. The first kappa shape index (κ1) is 12.5. The van der Waals surface area contributed by atoms with Gasteiger partial charge in [0.15, 0.2) is 0 Å². The van der Waals surface area contributed by atoms with Crippen molar-refractivity contribution in [1.29, 1.82) is 0 Å². The van der Waals surface area contributed by atoms with E-state index in [4.69, 9.17) is 10.5 Å². The van der Waals surface area contributed by atoms with Gasteiger partial charge in [-0.25, -0.2) is 0 Å². The summed E-state index contributed by atoms with van der Waals surface area (Å²) in [5, 5.41) is 6.50. The molecule has 1 aromatic rings. The van der Waals surface area contributed by atoms with Gasteiger partial charge in [-0.05, 0) is 26.0 Å². The third-order valence-electron chi connectivity index (χ3n) is 3.05. The Bertz CT molecular complexity index is 445. The Morgan fingerprint density at radius 1 is 1.33 bits per heavy atom. The van der Waals surface area contributed by atoms with Crippen LogP contribution in [0.15, 0.2) is 23.3 Å². The fraction of sp³-hybridized carbons (Fsp3) is 0.462. The van der Waals surface area contributed by atoms with Gasteiger partial charge in [0.25, 0.3) is 0 Å². The van der Waals surface area contributed by atoms with Gasteiger partial charge in [-0.15, -0.1) is 0 Å². The Kier molecular flexibility index (Phi) is 3.60. The standard InChI is InChI=1S/C13H20N4O/c1-10(2)17-7-6-16(9-15-17)11-4-5-12(14)13(8-11)18-3/h4-5,8-10H,6-7,14H2,1-3H3. The third-order valence-corrected chi connectivity index (χ3v) is 3.05. The van der Waals surface area contributed by atoms with Gasteiger partial charge >= 0.3 is 0 Å². The molecule has 0 saturated heterocycles. The van der Waals surface area contributed by atoms with Crippen molar-refractivity contribution in [2.45, 2.75) is 19.9 Å². The Balaban J connectivity index is 2.16. The monoisotopic (exact) mass is 248 g/mol. The second-order valence-electron chi connectivity index (χ2n) is 4.61. The predicted molar refractivity (Wildman–Crippen MR) is 75.1 cm³/mol. The maximum absolute atomic E-state index is 5.81.